The van der Waals surface area contributed by atoms with Gasteiger partial charge in [0.2, 0.25) is 0 Å². The Kier molecular flexibility index (Phi) is 3.55. The Hall–Kier alpha value is -1.37. The molecule has 0 saturated carbocycles. The molecule has 0 spiro atoms. The van der Waals surface area contributed by atoms with Crippen molar-refractivity contribution in [2.75, 3.05) is 13.2 Å². The van der Waals surface area contributed by atoms with E-state index in [2.05, 4.69) is 11.0 Å². The molecule has 3 heteroatoms. The van der Waals surface area contributed by atoms with Crippen molar-refractivity contribution >= 4 is 0 Å². The summed E-state index contributed by atoms with van der Waals surface area (Å²) in [4.78, 5) is 2.31. The van der Waals surface area contributed by atoms with Crippen LogP contribution >= 0.6 is 0 Å². The van der Waals surface area contributed by atoms with Gasteiger partial charge in [0, 0.05) is 12.6 Å². The summed E-state index contributed by atoms with van der Waals surface area (Å²) in [5, 5.41) is 17.9. The van der Waals surface area contributed by atoms with Crippen molar-refractivity contribution in [1.29, 1.82) is 5.26 Å². The lowest BCUT2D eigenvalue weighted by molar-refractivity contribution is 0.153. The second-order valence-electron chi connectivity index (χ2n) is 4.26. The van der Waals surface area contributed by atoms with E-state index >= 15 is 0 Å². The Bertz CT molecular complexity index is 380. The fourth-order valence-corrected chi connectivity index (χ4v) is 2.23. The minimum absolute atomic E-state index is 0.246. The maximum atomic E-state index is 9.21. The van der Waals surface area contributed by atoms with Crippen LogP contribution in [0.1, 0.15) is 24.0 Å². The SMILES string of the molecule is N#Cc1ccc(CN2CCCC2CO)cc1. The van der Waals surface area contributed by atoms with Gasteiger partial charge in [0.05, 0.1) is 18.2 Å². The highest BCUT2D eigenvalue weighted by Crippen LogP contribution is 2.19. The Balaban J connectivity index is 2.00. The van der Waals surface area contributed by atoms with Crippen molar-refractivity contribution in [2.24, 2.45) is 0 Å². The standard InChI is InChI=1S/C13H16N2O/c14-8-11-3-5-12(6-4-11)9-15-7-1-2-13(15)10-16/h3-6,13,16H,1-2,7,9-10H2. The molecule has 16 heavy (non-hydrogen) atoms. The van der Waals surface area contributed by atoms with E-state index in [0.29, 0.717) is 11.6 Å². The summed E-state index contributed by atoms with van der Waals surface area (Å²) in [6.45, 7) is 2.18. The van der Waals surface area contributed by atoms with Gasteiger partial charge in [0.15, 0.2) is 0 Å². The first-order valence-corrected chi connectivity index (χ1v) is 5.67. The molecule has 1 saturated heterocycles. The van der Waals surface area contributed by atoms with E-state index in [0.717, 1.165) is 19.5 Å². The molecular formula is C13H16N2O. The summed E-state index contributed by atoms with van der Waals surface area (Å²) in [5.41, 5.74) is 1.91. The van der Waals surface area contributed by atoms with Gasteiger partial charge in [-0.25, -0.2) is 0 Å². The summed E-state index contributed by atoms with van der Waals surface area (Å²) in [5.74, 6) is 0. The van der Waals surface area contributed by atoms with E-state index in [1.165, 1.54) is 12.0 Å². The quantitative estimate of drug-likeness (QED) is 0.833. The van der Waals surface area contributed by atoms with Gasteiger partial charge in [-0.05, 0) is 37.1 Å². The van der Waals surface area contributed by atoms with E-state index in [-0.39, 0.29) is 6.61 Å². The highest BCUT2D eigenvalue weighted by molar-refractivity contribution is 5.31. The molecule has 1 unspecified atom stereocenters. The average Bonchev–Trinajstić information content (AvgIpc) is 2.77. The Labute approximate surface area is 95.9 Å². The van der Waals surface area contributed by atoms with Crippen molar-refractivity contribution in [1.82, 2.24) is 4.90 Å². The first-order chi connectivity index (χ1) is 7.83. The van der Waals surface area contributed by atoms with Gasteiger partial charge in [0.25, 0.3) is 0 Å². The minimum Gasteiger partial charge on any atom is -0.395 e. The average molecular weight is 216 g/mol. The van der Waals surface area contributed by atoms with Crippen LogP contribution in [0.5, 0.6) is 0 Å². The molecule has 0 bridgehead atoms. The molecule has 84 valence electrons. The highest BCUT2D eigenvalue weighted by atomic mass is 16.3. The molecule has 3 nitrogen and oxygen atoms in total. The second kappa shape index (κ2) is 5.11. The molecule has 0 aromatic heterocycles. The Morgan fingerprint density at radius 2 is 2.12 bits per heavy atom. The molecule has 1 aliphatic heterocycles. The third-order valence-electron chi connectivity index (χ3n) is 3.18. The van der Waals surface area contributed by atoms with Gasteiger partial charge >= 0.3 is 0 Å². The molecule has 0 radical (unpaired) electrons. The molecule has 2 rings (SSSR count). The smallest absolute Gasteiger partial charge is 0.0991 e. The van der Waals surface area contributed by atoms with Crippen LogP contribution in [0.4, 0.5) is 0 Å². The third-order valence-corrected chi connectivity index (χ3v) is 3.18. The predicted molar refractivity (Wildman–Crippen MR) is 61.7 cm³/mol. The largest absolute Gasteiger partial charge is 0.395 e. The molecule has 0 amide bonds. The molecule has 0 aliphatic carbocycles. The lowest BCUT2D eigenvalue weighted by atomic mass is 10.1. The van der Waals surface area contributed by atoms with Gasteiger partial charge in [-0.2, -0.15) is 5.26 Å². The number of hydrogen-bond donors (Lipinski definition) is 1. The van der Waals surface area contributed by atoms with E-state index in [1.807, 2.05) is 24.3 Å². The normalized spacial score (nSPS) is 20.9. The number of aliphatic hydroxyl groups is 1. The van der Waals surface area contributed by atoms with Gasteiger partial charge in [-0.1, -0.05) is 12.1 Å². The predicted octanol–water partition coefficient (Wildman–Crippen LogP) is 1.51. The molecule has 1 N–H and O–H groups in total. The fraction of sp³-hybridized carbons (Fsp3) is 0.462. The van der Waals surface area contributed by atoms with Crippen molar-refractivity contribution in [3.05, 3.63) is 35.4 Å². The molecule has 1 aromatic carbocycles. The van der Waals surface area contributed by atoms with E-state index in [4.69, 9.17) is 5.26 Å². The maximum Gasteiger partial charge on any atom is 0.0991 e. The van der Waals surface area contributed by atoms with Gasteiger partial charge in [0.1, 0.15) is 0 Å². The van der Waals surface area contributed by atoms with Gasteiger partial charge < -0.3 is 5.11 Å². The summed E-state index contributed by atoms with van der Waals surface area (Å²) in [7, 11) is 0. The van der Waals surface area contributed by atoms with Crippen LogP contribution in [0, 0.1) is 11.3 Å². The van der Waals surface area contributed by atoms with Crippen LogP contribution in [0.3, 0.4) is 0 Å². The zero-order valence-corrected chi connectivity index (χ0v) is 9.26. The van der Waals surface area contributed by atoms with E-state index in [1.54, 1.807) is 0 Å². The fourth-order valence-electron chi connectivity index (χ4n) is 2.23. The number of likely N-dealkylation sites (tertiary alicyclic amines) is 1. The zero-order chi connectivity index (χ0) is 11.4. The van der Waals surface area contributed by atoms with E-state index in [9.17, 15) is 5.11 Å². The molecule has 1 fully saturated rings. The van der Waals surface area contributed by atoms with Crippen molar-refractivity contribution in [3.8, 4) is 6.07 Å². The lowest BCUT2D eigenvalue weighted by Gasteiger charge is -2.22. The minimum atomic E-state index is 0.246. The highest BCUT2D eigenvalue weighted by Gasteiger charge is 2.23. The van der Waals surface area contributed by atoms with Crippen LogP contribution in [-0.2, 0) is 6.54 Å². The Morgan fingerprint density at radius 3 is 2.75 bits per heavy atom. The number of nitriles is 1. The second-order valence-corrected chi connectivity index (χ2v) is 4.26. The van der Waals surface area contributed by atoms with Crippen LogP contribution < -0.4 is 0 Å². The number of benzene rings is 1. The van der Waals surface area contributed by atoms with Crippen LogP contribution in [0.2, 0.25) is 0 Å². The van der Waals surface area contributed by atoms with Crippen LogP contribution in [-0.4, -0.2) is 29.2 Å². The summed E-state index contributed by atoms with van der Waals surface area (Å²) >= 11 is 0. The summed E-state index contributed by atoms with van der Waals surface area (Å²) < 4.78 is 0. The van der Waals surface area contributed by atoms with Crippen LogP contribution in [0.15, 0.2) is 24.3 Å². The summed E-state index contributed by atoms with van der Waals surface area (Å²) in [6, 6.07) is 10.1. The first-order valence-electron chi connectivity index (χ1n) is 5.67. The molecule has 1 heterocycles. The zero-order valence-electron chi connectivity index (χ0n) is 9.26. The number of nitrogens with zero attached hydrogens (tertiary/aromatic N) is 2. The van der Waals surface area contributed by atoms with Crippen molar-refractivity contribution < 1.29 is 5.11 Å². The maximum absolute atomic E-state index is 9.21. The lowest BCUT2D eigenvalue weighted by Crippen LogP contribution is -2.31. The van der Waals surface area contributed by atoms with Crippen LogP contribution in [0.25, 0.3) is 0 Å². The monoisotopic (exact) mass is 216 g/mol. The van der Waals surface area contributed by atoms with Gasteiger partial charge in [-0.15, -0.1) is 0 Å². The summed E-state index contributed by atoms with van der Waals surface area (Å²) in [6.07, 6.45) is 2.26. The molecular weight excluding hydrogens is 200 g/mol. The molecule has 1 atom stereocenters. The van der Waals surface area contributed by atoms with Gasteiger partial charge in [-0.3, -0.25) is 4.90 Å². The Morgan fingerprint density at radius 1 is 1.38 bits per heavy atom. The van der Waals surface area contributed by atoms with E-state index < -0.39 is 0 Å². The number of hydrogen-bond acceptors (Lipinski definition) is 3. The molecule has 1 aliphatic rings. The first kappa shape index (κ1) is 11.1. The molecule has 1 aromatic rings. The number of aliphatic hydroxyl groups excluding tert-OH is 1. The van der Waals surface area contributed by atoms with Crippen molar-refractivity contribution in [3.63, 3.8) is 0 Å². The third kappa shape index (κ3) is 2.41. The number of rotatable bonds is 3. The van der Waals surface area contributed by atoms with Crippen molar-refractivity contribution in [2.45, 2.75) is 25.4 Å². The topological polar surface area (TPSA) is 47.3 Å².